The molecule has 1 fully saturated rings. The molecule has 1 aliphatic rings. The smallest absolute Gasteiger partial charge is 0.283 e. The van der Waals surface area contributed by atoms with Gasteiger partial charge in [0.05, 0.1) is 12.8 Å². The molecule has 1 amide bonds. The first-order chi connectivity index (χ1) is 12.7. The molecule has 7 nitrogen and oxygen atoms in total. The van der Waals surface area contributed by atoms with E-state index in [2.05, 4.69) is 15.1 Å². The molecule has 0 spiro atoms. The van der Waals surface area contributed by atoms with Crippen LogP contribution in [0.5, 0.6) is 0 Å². The van der Waals surface area contributed by atoms with Crippen molar-refractivity contribution in [2.24, 2.45) is 0 Å². The molecule has 1 aromatic carbocycles. The fourth-order valence-corrected chi connectivity index (χ4v) is 3.02. The molecular formula is C18H17ClN4O3. The third-order valence-electron chi connectivity index (χ3n) is 4.31. The van der Waals surface area contributed by atoms with Crippen molar-refractivity contribution in [2.45, 2.75) is 6.54 Å². The predicted octanol–water partition coefficient (Wildman–Crippen LogP) is 2.94. The SMILES string of the molecule is O=C(c1ccc(Cl)cc1)N1CCN(Cc2nnc(-c3ccco3)o2)CC1. The van der Waals surface area contributed by atoms with Gasteiger partial charge in [0, 0.05) is 36.8 Å². The van der Waals surface area contributed by atoms with Crippen LogP contribution in [0.3, 0.4) is 0 Å². The van der Waals surface area contributed by atoms with Gasteiger partial charge in [-0.1, -0.05) is 11.6 Å². The van der Waals surface area contributed by atoms with Gasteiger partial charge in [0.15, 0.2) is 5.76 Å². The van der Waals surface area contributed by atoms with Gasteiger partial charge in [-0.05, 0) is 36.4 Å². The van der Waals surface area contributed by atoms with Gasteiger partial charge in [-0.3, -0.25) is 9.69 Å². The molecule has 0 bridgehead atoms. The fourth-order valence-electron chi connectivity index (χ4n) is 2.89. The maximum Gasteiger partial charge on any atom is 0.283 e. The number of amides is 1. The summed E-state index contributed by atoms with van der Waals surface area (Å²) >= 11 is 5.88. The summed E-state index contributed by atoms with van der Waals surface area (Å²) in [5.74, 6) is 1.50. The van der Waals surface area contributed by atoms with Crippen LogP contribution in [-0.4, -0.2) is 52.1 Å². The molecule has 0 radical (unpaired) electrons. The van der Waals surface area contributed by atoms with Gasteiger partial charge in [0.1, 0.15) is 0 Å². The lowest BCUT2D eigenvalue weighted by molar-refractivity contribution is 0.0618. The second-order valence-corrected chi connectivity index (χ2v) is 6.49. The normalized spacial score (nSPS) is 15.3. The molecule has 0 saturated carbocycles. The Bertz CT molecular complexity index is 868. The number of halogens is 1. The maximum atomic E-state index is 12.5. The molecule has 2 aromatic heterocycles. The summed E-state index contributed by atoms with van der Waals surface area (Å²) < 4.78 is 10.9. The lowest BCUT2D eigenvalue weighted by Crippen LogP contribution is -2.48. The number of benzene rings is 1. The van der Waals surface area contributed by atoms with Crippen molar-refractivity contribution < 1.29 is 13.6 Å². The van der Waals surface area contributed by atoms with E-state index in [0.717, 1.165) is 13.1 Å². The highest BCUT2D eigenvalue weighted by molar-refractivity contribution is 6.30. The number of piperazine rings is 1. The predicted molar refractivity (Wildman–Crippen MR) is 94.6 cm³/mol. The number of furan rings is 1. The fraction of sp³-hybridized carbons (Fsp3) is 0.278. The number of carbonyl (C=O) groups is 1. The first-order valence-corrected chi connectivity index (χ1v) is 8.70. The minimum atomic E-state index is 0.0270. The molecule has 1 aliphatic heterocycles. The number of hydrogen-bond donors (Lipinski definition) is 0. The first-order valence-electron chi connectivity index (χ1n) is 8.32. The molecule has 26 heavy (non-hydrogen) atoms. The Labute approximate surface area is 155 Å². The van der Waals surface area contributed by atoms with Crippen LogP contribution in [-0.2, 0) is 6.54 Å². The van der Waals surface area contributed by atoms with Crippen molar-refractivity contribution in [1.29, 1.82) is 0 Å². The Balaban J connectivity index is 1.32. The van der Waals surface area contributed by atoms with E-state index < -0.39 is 0 Å². The molecule has 3 aromatic rings. The second-order valence-electron chi connectivity index (χ2n) is 6.05. The third-order valence-corrected chi connectivity index (χ3v) is 4.56. The lowest BCUT2D eigenvalue weighted by atomic mass is 10.2. The zero-order valence-corrected chi connectivity index (χ0v) is 14.7. The Kier molecular flexibility index (Phi) is 4.73. The standard InChI is InChI=1S/C18H17ClN4O3/c19-14-5-3-13(4-6-14)18(24)23-9-7-22(8-10-23)12-16-20-21-17(26-16)15-2-1-11-25-15/h1-6,11H,7-10,12H2. The average molecular weight is 373 g/mol. The number of hydrogen-bond acceptors (Lipinski definition) is 6. The van der Waals surface area contributed by atoms with Crippen LogP contribution < -0.4 is 0 Å². The molecule has 0 aliphatic carbocycles. The third kappa shape index (κ3) is 3.63. The topological polar surface area (TPSA) is 75.6 Å². The van der Waals surface area contributed by atoms with Crippen LogP contribution in [0.2, 0.25) is 5.02 Å². The summed E-state index contributed by atoms with van der Waals surface area (Å²) in [6.07, 6.45) is 1.57. The van der Waals surface area contributed by atoms with E-state index in [1.165, 1.54) is 0 Å². The summed E-state index contributed by atoms with van der Waals surface area (Å²) in [5.41, 5.74) is 0.655. The van der Waals surface area contributed by atoms with E-state index >= 15 is 0 Å². The molecule has 0 unspecified atom stereocenters. The van der Waals surface area contributed by atoms with E-state index in [9.17, 15) is 4.79 Å². The van der Waals surface area contributed by atoms with Crippen molar-refractivity contribution in [3.05, 3.63) is 59.1 Å². The van der Waals surface area contributed by atoms with E-state index in [-0.39, 0.29) is 5.91 Å². The summed E-state index contributed by atoms with van der Waals surface area (Å²) in [4.78, 5) is 16.6. The van der Waals surface area contributed by atoms with Crippen LogP contribution >= 0.6 is 11.6 Å². The lowest BCUT2D eigenvalue weighted by Gasteiger charge is -2.34. The van der Waals surface area contributed by atoms with Crippen LogP contribution in [0.4, 0.5) is 0 Å². The van der Waals surface area contributed by atoms with Crippen LogP contribution in [0.25, 0.3) is 11.7 Å². The van der Waals surface area contributed by atoms with Crippen molar-refractivity contribution >= 4 is 17.5 Å². The zero-order valence-electron chi connectivity index (χ0n) is 14.0. The highest BCUT2D eigenvalue weighted by Crippen LogP contribution is 2.19. The van der Waals surface area contributed by atoms with Gasteiger partial charge in [0.2, 0.25) is 5.89 Å². The summed E-state index contributed by atoms with van der Waals surface area (Å²) in [5, 5.41) is 8.69. The summed E-state index contributed by atoms with van der Waals surface area (Å²) in [7, 11) is 0. The number of aromatic nitrogens is 2. The number of rotatable bonds is 4. The largest absolute Gasteiger partial charge is 0.459 e. The Morgan fingerprint density at radius 2 is 1.85 bits per heavy atom. The minimum Gasteiger partial charge on any atom is -0.459 e. The summed E-state index contributed by atoms with van der Waals surface area (Å²) in [6, 6.07) is 10.5. The van der Waals surface area contributed by atoms with Gasteiger partial charge in [-0.15, -0.1) is 10.2 Å². The highest BCUT2D eigenvalue weighted by Gasteiger charge is 2.23. The van der Waals surface area contributed by atoms with Gasteiger partial charge in [-0.25, -0.2) is 0 Å². The van der Waals surface area contributed by atoms with E-state index in [0.29, 0.717) is 47.8 Å². The Morgan fingerprint density at radius 1 is 1.08 bits per heavy atom. The molecule has 1 saturated heterocycles. The van der Waals surface area contributed by atoms with Crippen molar-refractivity contribution in [3.8, 4) is 11.7 Å². The highest BCUT2D eigenvalue weighted by atomic mass is 35.5. The van der Waals surface area contributed by atoms with Gasteiger partial charge < -0.3 is 13.7 Å². The van der Waals surface area contributed by atoms with E-state index in [1.807, 2.05) is 4.90 Å². The number of nitrogens with zero attached hydrogens (tertiary/aromatic N) is 4. The average Bonchev–Trinajstić information content (AvgIpc) is 3.34. The number of carbonyl (C=O) groups excluding carboxylic acids is 1. The first kappa shape index (κ1) is 16.8. The molecule has 0 N–H and O–H groups in total. The van der Waals surface area contributed by atoms with Crippen LogP contribution in [0.15, 0.2) is 51.5 Å². The molecule has 8 heteroatoms. The van der Waals surface area contributed by atoms with E-state index in [4.69, 9.17) is 20.4 Å². The second kappa shape index (κ2) is 7.31. The van der Waals surface area contributed by atoms with Crippen molar-refractivity contribution in [1.82, 2.24) is 20.0 Å². The van der Waals surface area contributed by atoms with Gasteiger partial charge >= 0.3 is 0 Å². The Morgan fingerprint density at radius 3 is 2.54 bits per heavy atom. The minimum absolute atomic E-state index is 0.0270. The quantitative estimate of drug-likeness (QED) is 0.701. The molecule has 3 heterocycles. The van der Waals surface area contributed by atoms with Crippen LogP contribution in [0.1, 0.15) is 16.2 Å². The monoisotopic (exact) mass is 372 g/mol. The summed E-state index contributed by atoms with van der Waals surface area (Å²) in [6.45, 7) is 3.35. The maximum absolute atomic E-state index is 12.5. The van der Waals surface area contributed by atoms with E-state index in [1.54, 1.807) is 42.7 Å². The molecule has 4 rings (SSSR count). The van der Waals surface area contributed by atoms with Crippen molar-refractivity contribution in [3.63, 3.8) is 0 Å². The van der Waals surface area contributed by atoms with Gasteiger partial charge in [-0.2, -0.15) is 0 Å². The van der Waals surface area contributed by atoms with Crippen molar-refractivity contribution in [2.75, 3.05) is 26.2 Å². The van der Waals surface area contributed by atoms with Gasteiger partial charge in [0.25, 0.3) is 11.8 Å². The molecular weight excluding hydrogens is 356 g/mol. The van der Waals surface area contributed by atoms with Crippen LogP contribution in [0, 0.1) is 0 Å². The molecule has 0 atom stereocenters. The Hall–Kier alpha value is -2.64. The zero-order chi connectivity index (χ0) is 17.9. The molecule has 134 valence electrons.